The molecule has 0 aromatic heterocycles. The van der Waals surface area contributed by atoms with Crippen LogP contribution in [0.5, 0.6) is 11.5 Å². The number of nitrogens with zero attached hydrogens (tertiary/aromatic N) is 2. The molecule has 0 heterocycles. The number of halogens is 1. The molecule has 1 N–H and O–H groups in total. The topological polar surface area (TPSA) is 124 Å². The Hall–Kier alpha value is -4.45. The minimum absolute atomic E-state index is 0.0981. The number of aryl methyl sites for hydroxylation is 1. The smallest absolute Gasteiger partial charge is 0.493 e. The van der Waals surface area contributed by atoms with Gasteiger partial charge >= 0.3 is 6.16 Å². The van der Waals surface area contributed by atoms with Crippen LogP contribution in [0.4, 0.5) is 14.9 Å². The Morgan fingerprint density at radius 1 is 1.03 bits per heavy atom. The van der Waals surface area contributed by atoms with Gasteiger partial charge in [0.15, 0.2) is 11.5 Å². The number of carbonyl (C=O) groups excluding carboxylic acids is 2. The van der Waals surface area contributed by atoms with Gasteiger partial charge in [-0.1, -0.05) is 29.8 Å². The third-order valence-corrected chi connectivity index (χ3v) is 6.74. The zero-order valence-corrected chi connectivity index (χ0v) is 21.0. The number of ether oxygens (including phenoxy) is 3. The Labute approximate surface area is 213 Å². The van der Waals surface area contributed by atoms with Crippen LogP contribution in [-0.2, 0) is 19.6 Å². The van der Waals surface area contributed by atoms with E-state index in [-0.39, 0.29) is 22.1 Å². The van der Waals surface area contributed by atoms with Crippen molar-refractivity contribution in [2.75, 3.05) is 25.1 Å². The highest BCUT2D eigenvalue weighted by Gasteiger charge is 2.29. The van der Waals surface area contributed by atoms with E-state index in [1.807, 2.05) is 0 Å². The molecule has 0 aliphatic heterocycles. The maximum atomic E-state index is 14.6. The number of benzene rings is 3. The third kappa shape index (κ3) is 6.82. The predicted octanol–water partition coefficient (Wildman–Crippen LogP) is 3.63. The molecule has 0 unspecified atom stereocenters. The highest BCUT2D eigenvalue weighted by molar-refractivity contribution is 7.92. The first-order valence-corrected chi connectivity index (χ1v) is 12.2. The van der Waals surface area contributed by atoms with E-state index in [9.17, 15) is 22.4 Å². The molecule has 0 bridgehead atoms. The van der Waals surface area contributed by atoms with Crippen LogP contribution in [0.15, 0.2) is 76.7 Å². The van der Waals surface area contributed by atoms with E-state index in [1.165, 1.54) is 61.9 Å². The normalized spacial score (nSPS) is 11.1. The van der Waals surface area contributed by atoms with Gasteiger partial charge in [0.2, 0.25) is 0 Å². The first kappa shape index (κ1) is 27.1. The lowest BCUT2D eigenvalue weighted by Gasteiger charge is -2.24. The quantitative estimate of drug-likeness (QED) is 0.194. The molecule has 0 radical (unpaired) electrons. The largest absolute Gasteiger partial charge is 0.513 e. The molecule has 0 fully saturated rings. The number of para-hydroxylation sites is 1. The van der Waals surface area contributed by atoms with Gasteiger partial charge in [-0.15, -0.1) is 0 Å². The van der Waals surface area contributed by atoms with Crippen molar-refractivity contribution in [3.05, 3.63) is 83.7 Å². The minimum Gasteiger partial charge on any atom is -0.493 e. The van der Waals surface area contributed by atoms with E-state index in [2.05, 4.69) is 15.3 Å². The summed E-state index contributed by atoms with van der Waals surface area (Å²) in [5.74, 6) is -1.31. The van der Waals surface area contributed by atoms with Gasteiger partial charge in [-0.2, -0.15) is 5.10 Å². The van der Waals surface area contributed by atoms with Crippen molar-refractivity contribution in [3.63, 3.8) is 0 Å². The first-order chi connectivity index (χ1) is 17.6. The molecule has 0 saturated heterocycles. The second kappa shape index (κ2) is 12.0. The molecule has 3 rings (SSSR count). The Kier molecular flexibility index (Phi) is 8.80. The lowest BCUT2D eigenvalue weighted by molar-refractivity contribution is -0.119. The number of nitrogens with one attached hydrogen (secondary N) is 1. The Morgan fingerprint density at radius 3 is 2.38 bits per heavy atom. The number of amides is 1. The van der Waals surface area contributed by atoms with Gasteiger partial charge in [0.1, 0.15) is 12.4 Å². The molecule has 194 valence electrons. The second-order valence-electron chi connectivity index (χ2n) is 7.54. The van der Waals surface area contributed by atoms with Crippen LogP contribution in [-0.4, -0.2) is 47.5 Å². The van der Waals surface area contributed by atoms with Gasteiger partial charge in [-0.05, 0) is 55.0 Å². The van der Waals surface area contributed by atoms with Gasteiger partial charge in [-0.25, -0.2) is 23.0 Å². The van der Waals surface area contributed by atoms with Gasteiger partial charge in [0.05, 0.1) is 31.0 Å². The minimum atomic E-state index is -4.28. The highest BCUT2D eigenvalue weighted by atomic mass is 32.2. The van der Waals surface area contributed by atoms with Crippen molar-refractivity contribution in [2.24, 2.45) is 5.10 Å². The highest BCUT2D eigenvalue weighted by Crippen LogP contribution is 2.28. The van der Waals surface area contributed by atoms with Crippen LogP contribution in [0.25, 0.3) is 0 Å². The van der Waals surface area contributed by atoms with Crippen LogP contribution in [0.1, 0.15) is 11.1 Å². The van der Waals surface area contributed by atoms with Crippen LogP contribution in [0, 0.1) is 12.7 Å². The van der Waals surface area contributed by atoms with Crippen molar-refractivity contribution in [2.45, 2.75) is 11.8 Å². The first-order valence-electron chi connectivity index (χ1n) is 10.8. The summed E-state index contributed by atoms with van der Waals surface area (Å²) in [4.78, 5) is 23.9. The second-order valence-corrected chi connectivity index (χ2v) is 9.40. The van der Waals surface area contributed by atoms with Crippen LogP contribution in [0.3, 0.4) is 0 Å². The molecule has 1 amide bonds. The van der Waals surface area contributed by atoms with Crippen molar-refractivity contribution in [3.8, 4) is 11.5 Å². The van der Waals surface area contributed by atoms with E-state index < -0.39 is 34.4 Å². The molecular formula is C25H24FN3O7S. The summed E-state index contributed by atoms with van der Waals surface area (Å²) in [6.07, 6.45) is 0.344. The summed E-state index contributed by atoms with van der Waals surface area (Å²) in [6, 6.07) is 15.7. The fourth-order valence-electron chi connectivity index (χ4n) is 3.12. The van der Waals surface area contributed by atoms with E-state index >= 15 is 0 Å². The van der Waals surface area contributed by atoms with Crippen molar-refractivity contribution >= 4 is 34.0 Å². The summed E-state index contributed by atoms with van der Waals surface area (Å²) < 4.78 is 56.4. The fourth-order valence-corrected chi connectivity index (χ4v) is 4.54. The van der Waals surface area contributed by atoms with Crippen LogP contribution in [0.2, 0.25) is 0 Å². The average molecular weight is 530 g/mol. The lowest BCUT2D eigenvalue weighted by atomic mass is 10.2. The third-order valence-electron chi connectivity index (χ3n) is 4.97. The molecule has 12 heteroatoms. The number of methoxy groups -OCH3 is 2. The zero-order valence-electron chi connectivity index (χ0n) is 20.2. The summed E-state index contributed by atoms with van der Waals surface area (Å²) in [5, 5.41) is 3.83. The van der Waals surface area contributed by atoms with Crippen LogP contribution < -0.4 is 19.2 Å². The van der Waals surface area contributed by atoms with Gasteiger partial charge < -0.3 is 14.2 Å². The van der Waals surface area contributed by atoms with Crippen LogP contribution >= 0.6 is 0 Å². The number of hydrazone groups is 1. The van der Waals surface area contributed by atoms with Crippen molar-refractivity contribution in [1.29, 1.82) is 0 Å². The summed E-state index contributed by atoms with van der Waals surface area (Å²) in [5.41, 5.74) is 3.25. The molecule has 0 atom stereocenters. The molecular weight excluding hydrogens is 505 g/mol. The van der Waals surface area contributed by atoms with Gasteiger partial charge in [-0.3, -0.25) is 9.10 Å². The molecule has 0 aliphatic carbocycles. The van der Waals surface area contributed by atoms with Gasteiger partial charge in [0, 0.05) is 0 Å². The molecule has 3 aromatic rings. The number of hydrogen-bond acceptors (Lipinski definition) is 8. The molecule has 10 nitrogen and oxygen atoms in total. The number of rotatable bonds is 9. The van der Waals surface area contributed by atoms with E-state index in [4.69, 9.17) is 9.47 Å². The Bertz CT molecular complexity index is 1410. The number of sulfonamides is 1. The summed E-state index contributed by atoms with van der Waals surface area (Å²) in [7, 11) is -1.75. The SMILES string of the molecule is COC(=O)Oc1ccc(/C=N/NC(=O)CN(c2ccccc2F)S(=O)(=O)c2ccc(C)cc2)cc1OC. The number of carbonyl (C=O) groups is 2. The lowest BCUT2D eigenvalue weighted by Crippen LogP contribution is -2.40. The average Bonchev–Trinajstić information content (AvgIpc) is 2.88. The Balaban J connectivity index is 1.79. The van der Waals surface area contributed by atoms with E-state index in [0.717, 1.165) is 18.7 Å². The Morgan fingerprint density at radius 2 is 1.73 bits per heavy atom. The van der Waals surface area contributed by atoms with Crippen molar-refractivity contribution in [1.82, 2.24) is 5.43 Å². The van der Waals surface area contributed by atoms with E-state index in [0.29, 0.717) is 9.87 Å². The summed E-state index contributed by atoms with van der Waals surface area (Å²) >= 11 is 0. The molecule has 3 aromatic carbocycles. The predicted molar refractivity (Wildman–Crippen MR) is 134 cm³/mol. The monoisotopic (exact) mass is 529 g/mol. The number of anilines is 1. The van der Waals surface area contributed by atoms with E-state index in [1.54, 1.807) is 19.1 Å². The standard InChI is InChI=1S/C25H24FN3O7S/c1-17-8-11-19(12-9-17)37(32,33)29(21-7-5-4-6-20(21)26)16-24(30)28-27-15-18-10-13-22(23(14-18)34-2)36-25(31)35-3/h4-15H,16H2,1-3H3,(H,28,30)/b27-15+. The zero-order chi connectivity index (χ0) is 27.0. The molecule has 0 saturated carbocycles. The fraction of sp³-hybridized carbons (Fsp3) is 0.160. The maximum Gasteiger partial charge on any atom is 0.513 e. The molecule has 37 heavy (non-hydrogen) atoms. The summed E-state index contributed by atoms with van der Waals surface area (Å²) in [6.45, 7) is 1.06. The molecule has 0 aliphatic rings. The van der Waals surface area contributed by atoms with Crippen molar-refractivity contribution < 1.29 is 36.6 Å². The molecule has 0 spiro atoms. The maximum absolute atomic E-state index is 14.6. The number of hydrogen-bond donors (Lipinski definition) is 1. The van der Waals surface area contributed by atoms with Gasteiger partial charge in [0.25, 0.3) is 15.9 Å².